The Morgan fingerprint density at radius 2 is 1.93 bits per heavy atom. The summed E-state index contributed by atoms with van der Waals surface area (Å²) in [6, 6.07) is 11.6. The molecular formula is C23H26N2O3S. The molecule has 1 aromatic carbocycles. The SMILES string of the molecule is COc1ccc(CCN2C(=O)C(c3cccs3)=C(N3CCCC(C)C3)C2=O)cc1. The summed E-state index contributed by atoms with van der Waals surface area (Å²) in [5.41, 5.74) is 2.25. The molecule has 2 aromatic rings. The maximum Gasteiger partial charge on any atom is 0.277 e. The lowest BCUT2D eigenvalue weighted by Crippen LogP contribution is -2.39. The predicted molar refractivity (Wildman–Crippen MR) is 115 cm³/mol. The maximum absolute atomic E-state index is 13.3. The van der Waals surface area contributed by atoms with Crippen molar-refractivity contribution in [2.24, 2.45) is 5.92 Å². The number of likely N-dealkylation sites (tertiary alicyclic amines) is 1. The second-order valence-electron chi connectivity index (χ2n) is 7.75. The molecule has 1 unspecified atom stereocenters. The van der Waals surface area contributed by atoms with Crippen molar-refractivity contribution < 1.29 is 14.3 Å². The van der Waals surface area contributed by atoms with Gasteiger partial charge in [-0.15, -0.1) is 11.3 Å². The highest BCUT2D eigenvalue weighted by Crippen LogP contribution is 2.35. The van der Waals surface area contributed by atoms with E-state index in [0.717, 1.165) is 35.7 Å². The molecule has 152 valence electrons. The van der Waals surface area contributed by atoms with E-state index in [1.54, 1.807) is 7.11 Å². The van der Waals surface area contributed by atoms with Gasteiger partial charge in [0.05, 0.1) is 12.7 Å². The Bertz CT molecular complexity index is 918. The van der Waals surface area contributed by atoms with Gasteiger partial charge in [0.1, 0.15) is 11.4 Å². The smallest absolute Gasteiger partial charge is 0.277 e. The van der Waals surface area contributed by atoms with Crippen LogP contribution in [0.25, 0.3) is 5.57 Å². The summed E-state index contributed by atoms with van der Waals surface area (Å²) in [7, 11) is 1.64. The molecule has 1 fully saturated rings. The topological polar surface area (TPSA) is 49.9 Å². The zero-order valence-corrected chi connectivity index (χ0v) is 17.7. The minimum absolute atomic E-state index is 0.152. The fourth-order valence-electron chi connectivity index (χ4n) is 4.13. The van der Waals surface area contributed by atoms with Gasteiger partial charge in [0, 0.05) is 24.5 Å². The van der Waals surface area contributed by atoms with Crippen molar-refractivity contribution in [2.75, 3.05) is 26.7 Å². The molecule has 1 saturated heterocycles. The summed E-state index contributed by atoms with van der Waals surface area (Å²) in [6.45, 7) is 4.25. The molecule has 6 heteroatoms. The average molecular weight is 411 g/mol. The summed E-state index contributed by atoms with van der Waals surface area (Å²) in [4.78, 5) is 31.1. The van der Waals surface area contributed by atoms with Gasteiger partial charge in [-0.3, -0.25) is 14.5 Å². The van der Waals surface area contributed by atoms with Crippen LogP contribution in [0.15, 0.2) is 47.5 Å². The van der Waals surface area contributed by atoms with Crippen LogP contribution in [0.4, 0.5) is 0 Å². The first-order valence-electron chi connectivity index (χ1n) is 10.1. The zero-order chi connectivity index (χ0) is 20.4. The monoisotopic (exact) mass is 410 g/mol. The number of thiophene rings is 1. The van der Waals surface area contributed by atoms with Gasteiger partial charge in [-0.05, 0) is 54.3 Å². The fourth-order valence-corrected chi connectivity index (χ4v) is 4.89. The Kier molecular flexibility index (Phi) is 5.72. The Morgan fingerprint density at radius 1 is 1.14 bits per heavy atom. The van der Waals surface area contributed by atoms with Crippen LogP contribution in [0.1, 0.15) is 30.2 Å². The highest BCUT2D eigenvalue weighted by molar-refractivity contribution is 7.11. The van der Waals surface area contributed by atoms with Crippen molar-refractivity contribution >= 4 is 28.7 Å². The van der Waals surface area contributed by atoms with E-state index in [1.807, 2.05) is 41.8 Å². The van der Waals surface area contributed by atoms with Gasteiger partial charge in [-0.1, -0.05) is 25.1 Å². The number of imide groups is 1. The molecule has 0 radical (unpaired) electrons. The number of rotatable bonds is 6. The second-order valence-corrected chi connectivity index (χ2v) is 8.70. The number of benzene rings is 1. The lowest BCUT2D eigenvalue weighted by atomic mass is 9.99. The number of hydrogen-bond donors (Lipinski definition) is 0. The number of carbonyl (C=O) groups is 2. The Labute approximate surface area is 175 Å². The molecule has 0 spiro atoms. The van der Waals surface area contributed by atoms with Crippen LogP contribution in [0.5, 0.6) is 5.75 Å². The Balaban J connectivity index is 1.58. The number of piperidine rings is 1. The maximum atomic E-state index is 13.3. The molecular weight excluding hydrogens is 384 g/mol. The minimum atomic E-state index is -0.167. The predicted octanol–water partition coefficient (Wildman–Crippen LogP) is 3.81. The van der Waals surface area contributed by atoms with Crippen molar-refractivity contribution in [1.29, 1.82) is 0 Å². The number of carbonyl (C=O) groups excluding carboxylic acids is 2. The molecule has 0 bridgehead atoms. The van der Waals surface area contributed by atoms with Crippen molar-refractivity contribution in [3.63, 3.8) is 0 Å². The van der Waals surface area contributed by atoms with Crippen LogP contribution < -0.4 is 4.74 Å². The largest absolute Gasteiger partial charge is 0.497 e. The molecule has 2 aliphatic rings. The van der Waals surface area contributed by atoms with Gasteiger partial charge >= 0.3 is 0 Å². The zero-order valence-electron chi connectivity index (χ0n) is 16.9. The third-order valence-corrected chi connectivity index (χ3v) is 6.55. The van der Waals surface area contributed by atoms with Crippen LogP contribution in [0, 0.1) is 5.92 Å². The van der Waals surface area contributed by atoms with Crippen LogP contribution in [0.3, 0.4) is 0 Å². The van der Waals surface area contributed by atoms with Gasteiger partial charge in [0.2, 0.25) is 0 Å². The summed E-state index contributed by atoms with van der Waals surface area (Å²) in [6.07, 6.45) is 2.85. The molecule has 1 atom stereocenters. The van der Waals surface area contributed by atoms with E-state index in [4.69, 9.17) is 4.74 Å². The van der Waals surface area contributed by atoms with Gasteiger partial charge in [0.25, 0.3) is 11.8 Å². The number of nitrogens with zero attached hydrogens (tertiary/aromatic N) is 2. The molecule has 0 aliphatic carbocycles. The summed E-state index contributed by atoms with van der Waals surface area (Å²) < 4.78 is 5.20. The second kappa shape index (κ2) is 8.41. The van der Waals surface area contributed by atoms with Crippen LogP contribution in [0.2, 0.25) is 0 Å². The van der Waals surface area contributed by atoms with E-state index in [9.17, 15) is 9.59 Å². The standard InChI is InChI=1S/C23H26N2O3S/c1-16-5-3-12-24(15-16)21-20(19-6-4-14-29-19)22(26)25(23(21)27)13-11-17-7-9-18(28-2)10-8-17/h4,6-10,14,16H,3,5,11-13,15H2,1-2H3. The molecule has 4 rings (SSSR count). The lowest BCUT2D eigenvalue weighted by Gasteiger charge is -2.33. The highest BCUT2D eigenvalue weighted by atomic mass is 32.1. The minimum Gasteiger partial charge on any atom is -0.497 e. The first kappa shape index (κ1) is 19.7. The summed E-state index contributed by atoms with van der Waals surface area (Å²) in [5, 5.41) is 1.95. The van der Waals surface area contributed by atoms with Crippen LogP contribution >= 0.6 is 11.3 Å². The number of ether oxygens (including phenoxy) is 1. The Hall–Kier alpha value is -2.60. The summed E-state index contributed by atoms with van der Waals surface area (Å²) in [5.74, 6) is 1.00. The molecule has 2 aliphatic heterocycles. The number of amides is 2. The molecule has 29 heavy (non-hydrogen) atoms. The van der Waals surface area contributed by atoms with Crippen molar-refractivity contribution in [3.8, 4) is 5.75 Å². The third-order valence-electron chi connectivity index (χ3n) is 5.67. The van der Waals surface area contributed by atoms with Crippen molar-refractivity contribution in [2.45, 2.75) is 26.2 Å². The van der Waals surface area contributed by atoms with Gasteiger partial charge in [-0.2, -0.15) is 0 Å². The molecule has 2 amide bonds. The first-order chi connectivity index (χ1) is 14.1. The van der Waals surface area contributed by atoms with E-state index in [-0.39, 0.29) is 11.8 Å². The van der Waals surface area contributed by atoms with E-state index in [2.05, 4.69) is 11.8 Å². The number of hydrogen-bond acceptors (Lipinski definition) is 5. The summed E-state index contributed by atoms with van der Waals surface area (Å²) >= 11 is 1.52. The van der Waals surface area contributed by atoms with E-state index in [0.29, 0.717) is 30.2 Å². The molecule has 0 saturated carbocycles. The average Bonchev–Trinajstić information content (AvgIpc) is 3.33. The van der Waals surface area contributed by atoms with E-state index < -0.39 is 0 Å². The van der Waals surface area contributed by atoms with Gasteiger partial charge < -0.3 is 9.64 Å². The molecule has 0 N–H and O–H groups in total. The number of methoxy groups -OCH3 is 1. The normalized spacial score (nSPS) is 20.0. The molecule has 3 heterocycles. The molecule has 5 nitrogen and oxygen atoms in total. The lowest BCUT2D eigenvalue weighted by molar-refractivity contribution is -0.137. The van der Waals surface area contributed by atoms with Crippen LogP contribution in [-0.4, -0.2) is 48.4 Å². The highest BCUT2D eigenvalue weighted by Gasteiger charge is 2.42. The van der Waals surface area contributed by atoms with Crippen molar-refractivity contribution in [1.82, 2.24) is 9.80 Å². The molecule has 1 aromatic heterocycles. The quantitative estimate of drug-likeness (QED) is 0.680. The van der Waals surface area contributed by atoms with Crippen molar-refractivity contribution in [3.05, 3.63) is 57.9 Å². The van der Waals surface area contributed by atoms with Gasteiger partial charge in [0.15, 0.2) is 0 Å². The van der Waals surface area contributed by atoms with Crippen LogP contribution in [-0.2, 0) is 16.0 Å². The Morgan fingerprint density at radius 3 is 2.59 bits per heavy atom. The first-order valence-corrected chi connectivity index (χ1v) is 11.0. The van der Waals surface area contributed by atoms with E-state index >= 15 is 0 Å². The van der Waals surface area contributed by atoms with Gasteiger partial charge in [-0.25, -0.2) is 0 Å². The fraction of sp³-hybridized carbons (Fsp3) is 0.391. The third kappa shape index (κ3) is 3.94. The van der Waals surface area contributed by atoms with E-state index in [1.165, 1.54) is 22.7 Å².